The Labute approximate surface area is 110 Å². The van der Waals surface area contributed by atoms with Gasteiger partial charge in [-0.15, -0.1) is 10.2 Å². The highest BCUT2D eigenvalue weighted by molar-refractivity contribution is 5.79. The highest BCUT2D eigenvalue weighted by atomic mass is 35.7. The zero-order valence-electron chi connectivity index (χ0n) is 10.7. The van der Waals surface area contributed by atoms with Crippen molar-refractivity contribution in [1.82, 2.24) is 0 Å². The standard InChI is InChI=1S/C12H22N.ClHO4/c1-2-4-8-12(9-5-3-1)13-10-6-7-11-13;2-1(3,4)5/h1-11H2;(H,2,3,4,5)/q+1;/p-1. The fraction of sp³-hybridized carbons (Fsp3) is 0.917. The Balaban J connectivity index is 0.000000280. The van der Waals surface area contributed by atoms with Crippen LogP contribution in [0.2, 0.25) is 0 Å². The zero-order valence-corrected chi connectivity index (χ0v) is 11.5. The topological polar surface area (TPSA) is 95.2 Å². The lowest BCUT2D eigenvalue weighted by Crippen LogP contribution is -2.68. The van der Waals surface area contributed by atoms with Crippen molar-refractivity contribution in [2.24, 2.45) is 0 Å². The van der Waals surface area contributed by atoms with Gasteiger partial charge in [-0.2, -0.15) is 0 Å². The summed E-state index contributed by atoms with van der Waals surface area (Å²) in [4.78, 5) is 0. The van der Waals surface area contributed by atoms with E-state index in [2.05, 4.69) is 4.58 Å². The maximum Gasteiger partial charge on any atom is 0.152 e. The second kappa shape index (κ2) is 8.07. The minimum absolute atomic E-state index is 1.36. The number of halogens is 1. The molecule has 2 fully saturated rings. The van der Waals surface area contributed by atoms with Crippen LogP contribution in [0.4, 0.5) is 0 Å². The first-order valence-corrected chi connectivity index (χ1v) is 7.91. The van der Waals surface area contributed by atoms with Gasteiger partial charge < -0.3 is 0 Å². The van der Waals surface area contributed by atoms with Crippen molar-refractivity contribution in [2.45, 2.75) is 57.8 Å². The first kappa shape index (κ1) is 15.9. The third-order valence-electron chi connectivity index (χ3n) is 3.48. The van der Waals surface area contributed by atoms with E-state index >= 15 is 0 Å². The van der Waals surface area contributed by atoms with Crippen molar-refractivity contribution < 1.29 is 33.5 Å². The molecule has 0 aromatic carbocycles. The summed E-state index contributed by atoms with van der Waals surface area (Å²) in [6, 6.07) is 0. The average molecular weight is 280 g/mol. The smallest absolute Gasteiger partial charge is 0.152 e. The van der Waals surface area contributed by atoms with Crippen molar-refractivity contribution in [3.05, 3.63) is 0 Å². The summed E-state index contributed by atoms with van der Waals surface area (Å²) in [5, 5.41) is 0. The van der Waals surface area contributed by atoms with E-state index in [0.29, 0.717) is 0 Å². The summed E-state index contributed by atoms with van der Waals surface area (Å²) < 4.78 is 36.6. The fourth-order valence-electron chi connectivity index (χ4n) is 2.66. The number of nitrogens with zero attached hydrogens (tertiary/aromatic N) is 1. The van der Waals surface area contributed by atoms with E-state index in [1.54, 1.807) is 5.71 Å². The molecule has 6 heteroatoms. The molecule has 1 saturated heterocycles. The second-order valence-electron chi connectivity index (χ2n) is 4.91. The summed E-state index contributed by atoms with van der Waals surface area (Å²) in [6.45, 7) is 2.71. The number of rotatable bonds is 0. The van der Waals surface area contributed by atoms with E-state index in [1.165, 1.54) is 70.9 Å². The minimum Gasteiger partial charge on any atom is -0.237 e. The van der Waals surface area contributed by atoms with Crippen LogP contribution in [0.5, 0.6) is 0 Å². The molecule has 2 aliphatic rings. The summed E-state index contributed by atoms with van der Waals surface area (Å²) in [6.07, 6.45) is 13.0. The van der Waals surface area contributed by atoms with E-state index in [-0.39, 0.29) is 0 Å². The molecule has 18 heavy (non-hydrogen) atoms. The van der Waals surface area contributed by atoms with Crippen molar-refractivity contribution >= 4 is 5.71 Å². The molecule has 1 aliphatic carbocycles. The molecular formula is C12H22ClNO4. The largest absolute Gasteiger partial charge is 0.237 e. The maximum atomic E-state index is 8.49. The maximum absolute atomic E-state index is 8.49. The van der Waals surface area contributed by atoms with Crippen molar-refractivity contribution in [3.8, 4) is 0 Å². The van der Waals surface area contributed by atoms with Gasteiger partial charge in [0.1, 0.15) is 13.1 Å². The van der Waals surface area contributed by atoms with Gasteiger partial charge in [0.25, 0.3) is 0 Å². The molecule has 0 radical (unpaired) electrons. The molecule has 0 atom stereocenters. The normalized spacial score (nSPS) is 22.0. The van der Waals surface area contributed by atoms with Crippen molar-refractivity contribution in [1.29, 1.82) is 0 Å². The van der Waals surface area contributed by atoms with Crippen LogP contribution >= 0.6 is 0 Å². The second-order valence-corrected chi connectivity index (χ2v) is 5.66. The molecule has 1 heterocycles. The highest BCUT2D eigenvalue weighted by Crippen LogP contribution is 2.16. The molecule has 0 aromatic rings. The van der Waals surface area contributed by atoms with Crippen LogP contribution in [0.1, 0.15) is 57.8 Å². The predicted molar refractivity (Wildman–Crippen MR) is 56.6 cm³/mol. The third-order valence-corrected chi connectivity index (χ3v) is 3.48. The molecule has 0 unspecified atom stereocenters. The van der Waals surface area contributed by atoms with Crippen LogP contribution in [0.3, 0.4) is 0 Å². The predicted octanol–water partition coefficient (Wildman–Crippen LogP) is -1.78. The highest BCUT2D eigenvalue weighted by Gasteiger charge is 2.19. The molecule has 0 amide bonds. The van der Waals surface area contributed by atoms with Gasteiger partial charge in [0.05, 0.1) is 0 Å². The fourth-order valence-corrected chi connectivity index (χ4v) is 2.66. The molecule has 0 aromatic heterocycles. The van der Waals surface area contributed by atoms with Gasteiger partial charge >= 0.3 is 0 Å². The lowest BCUT2D eigenvalue weighted by atomic mass is 9.99. The summed E-state index contributed by atoms with van der Waals surface area (Å²) in [7, 11) is -4.94. The summed E-state index contributed by atoms with van der Waals surface area (Å²) in [5.74, 6) is 0. The molecule has 0 bridgehead atoms. The van der Waals surface area contributed by atoms with Crippen LogP contribution in [0, 0.1) is 10.2 Å². The van der Waals surface area contributed by atoms with E-state index in [1.807, 2.05) is 0 Å². The molecule has 5 nitrogen and oxygen atoms in total. The molecule has 2 rings (SSSR count). The van der Waals surface area contributed by atoms with E-state index < -0.39 is 10.2 Å². The lowest BCUT2D eigenvalue weighted by Gasteiger charge is -2.17. The lowest BCUT2D eigenvalue weighted by molar-refractivity contribution is -2.00. The Morgan fingerprint density at radius 3 is 1.50 bits per heavy atom. The molecule has 0 N–H and O–H groups in total. The Bertz CT molecular complexity index is 252. The Hall–Kier alpha value is -0.200. The van der Waals surface area contributed by atoms with Gasteiger partial charge in [0.15, 0.2) is 5.71 Å². The van der Waals surface area contributed by atoms with Gasteiger partial charge in [-0.1, -0.05) is 19.3 Å². The van der Waals surface area contributed by atoms with Gasteiger partial charge in [-0.25, -0.2) is 23.2 Å². The number of hydrogen-bond acceptors (Lipinski definition) is 4. The van der Waals surface area contributed by atoms with E-state index in [9.17, 15) is 0 Å². The van der Waals surface area contributed by atoms with Gasteiger partial charge in [0.2, 0.25) is 0 Å². The number of hydrogen-bond donors (Lipinski definition) is 0. The third kappa shape index (κ3) is 8.00. The Morgan fingerprint density at radius 1 is 0.667 bits per heavy atom. The van der Waals surface area contributed by atoms with E-state index in [0.717, 1.165) is 0 Å². The molecule has 1 aliphatic heterocycles. The monoisotopic (exact) mass is 279 g/mol. The Kier molecular flexibility index (Phi) is 7.11. The van der Waals surface area contributed by atoms with Crippen LogP contribution in [-0.4, -0.2) is 23.4 Å². The summed E-state index contributed by atoms with van der Waals surface area (Å²) in [5.41, 5.74) is 1.79. The first-order chi connectivity index (χ1) is 8.47. The zero-order chi connectivity index (χ0) is 13.4. The van der Waals surface area contributed by atoms with Gasteiger partial charge in [-0.05, 0) is 12.8 Å². The Morgan fingerprint density at radius 2 is 1.06 bits per heavy atom. The quantitative estimate of drug-likeness (QED) is 0.490. The van der Waals surface area contributed by atoms with Crippen LogP contribution in [-0.2, 0) is 0 Å². The van der Waals surface area contributed by atoms with E-state index in [4.69, 9.17) is 18.6 Å². The summed E-state index contributed by atoms with van der Waals surface area (Å²) >= 11 is 0. The van der Waals surface area contributed by atoms with Crippen molar-refractivity contribution in [3.63, 3.8) is 0 Å². The molecule has 106 valence electrons. The minimum atomic E-state index is -4.94. The van der Waals surface area contributed by atoms with Crippen LogP contribution in [0.15, 0.2) is 0 Å². The molecule has 0 spiro atoms. The SMILES string of the molecule is C1CCCC(=[N+]2CCCC2)CCC1.[O-][Cl+3]([O-])([O-])[O-]. The van der Waals surface area contributed by atoms with Crippen molar-refractivity contribution in [2.75, 3.05) is 13.1 Å². The van der Waals surface area contributed by atoms with Crippen LogP contribution in [0.25, 0.3) is 0 Å². The molecule has 1 saturated carbocycles. The first-order valence-electron chi connectivity index (χ1n) is 6.68. The van der Waals surface area contributed by atoms with Crippen LogP contribution < -0.4 is 18.6 Å². The van der Waals surface area contributed by atoms with Gasteiger partial charge in [0, 0.05) is 25.7 Å². The van der Waals surface area contributed by atoms with Gasteiger partial charge in [-0.3, -0.25) is 0 Å². The average Bonchev–Trinajstić information content (AvgIpc) is 2.67. The molecular weight excluding hydrogens is 258 g/mol.